The molecule has 0 aliphatic heterocycles. The minimum absolute atomic E-state index is 0.216. The fourth-order valence-electron chi connectivity index (χ4n) is 1.66. The van der Waals surface area contributed by atoms with E-state index in [0.717, 1.165) is 10.6 Å². The second-order valence-electron chi connectivity index (χ2n) is 4.12. The van der Waals surface area contributed by atoms with E-state index in [1.165, 1.54) is 17.7 Å². The van der Waals surface area contributed by atoms with Gasteiger partial charge in [-0.2, -0.15) is 16.4 Å². The van der Waals surface area contributed by atoms with Crippen LogP contribution in [0.15, 0.2) is 28.5 Å². The van der Waals surface area contributed by atoms with E-state index >= 15 is 0 Å². The molecule has 1 amide bonds. The summed E-state index contributed by atoms with van der Waals surface area (Å²) in [6.45, 7) is 1.84. The summed E-state index contributed by atoms with van der Waals surface area (Å²) in [7, 11) is 0. The van der Waals surface area contributed by atoms with Crippen LogP contribution in [0.25, 0.3) is 10.6 Å². The first kappa shape index (κ1) is 12.9. The van der Waals surface area contributed by atoms with Crippen molar-refractivity contribution in [1.82, 2.24) is 25.5 Å². The minimum atomic E-state index is -0.240. The second kappa shape index (κ2) is 5.51. The number of rotatable bonds is 4. The quantitative estimate of drug-likeness (QED) is 0.775. The van der Waals surface area contributed by atoms with Crippen LogP contribution >= 0.6 is 22.7 Å². The van der Waals surface area contributed by atoms with Crippen molar-refractivity contribution in [2.45, 2.75) is 13.0 Å². The lowest BCUT2D eigenvalue weighted by atomic mass is 10.3. The van der Waals surface area contributed by atoms with E-state index in [2.05, 4.69) is 25.5 Å². The van der Waals surface area contributed by atoms with Crippen LogP contribution in [0.1, 0.15) is 29.3 Å². The third-order valence-corrected chi connectivity index (χ3v) is 4.27. The summed E-state index contributed by atoms with van der Waals surface area (Å²) in [6, 6.07) is 1.75. The number of hydrogen-bond acceptors (Lipinski definition) is 6. The van der Waals surface area contributed by atoms with Crippen LogP contribution in [-0.4, -0.2) is 26.1 Å². The molecule has 0 saturated carbocycles. The monoisotopic (exact) mass is 305 g/mol. The SMILES string of the molecule is CC(NC(=O)c1csc(-c2ccsc2)n1)c1ncn[nH]1. The molecule has 1 unspecified atom stereocenters. The first-order valence-electron chi connectivity index (χ1n) is 5.88. The highest BCUT2D eigenvalue weighted by atomic mass is 32.1. The van der Waals surface area contributed by atoms with Gasteiger partial charge in [0.05, 0.1) is 6.04 Å². The molecule has 0 spiro atoms. The van der Waals surface area contributed by atoms with Crippen LogP contribution in [0.4, 0.5) is 0 Å². The number of amides is 1. The highest BCUT2D eigenvalue weighted by molar-refractivity contribution is 7.14. The van der Waals surface area contributed by atoms with Crippen molar-refractivity contribution in [1.29, 1.82) is 0 Å². The van der Waals surface area contributed by atoms with Gasteiger partial charge < -0.3 is 5.32 Å². The molecule has 0 bridgehead atoms. The normalized spacial score (nSPS) is 12.2. The Bertz CT molecular complexity index is 689. The Morgan fingerprint density at radius 1 is 1.45 bits per heavy atom. The second-order valence-corrected chi connectivity index (χ2v) is 5.75. The van der Waals surface area contributed by atoms with Gasteiger partial charge in [0.25, 0.3) is 5.91 Å². The van der Waals surface area contributed by atoms with Crippen molar-refractivity contribution >= 4 is 28.6 Å². The van der Waals surface area contributed by atoms with Gasteiger partial charge >= 0.3 is 0 Å². The van der Waals surface area contributed by atoms with E-state index in [0.29, 0.717) is 11.5 Å². The smallest absolute Gasteiger partial charge is 0.271 e. The zero-order chi connectivity index (χ0) is 13.9. The van der Waals surface area contributed by atoms with Gasteiger partial charge in [-0.3, -0.25) is 9.89 Å². The van der Waals surface area contributed by atoms with Crippen molar-refractivity contribution in [2.24, 2.45) is 0 Å². The van der Waals surface area contributed by atoms with Crippen LogP contribution in [0.5, 0.6) is 0 Å². The number of hydrogen-bond donors (Lipinski definition) is 2. The van der Waals surface area contributed by atoms with E-state index in [1.54, 1.807) is 16.7 Å². The number of H-pyrrole nitrogens is 1. The summed E-state index contributed by atoms with van der Waals surface area (Å²) in [5.41, 5.74) is 1.46. The Kier molecular flexibility index (Phi) is 3.57. The molecule has 102 valence electrons. The van der Waals surface area contributed by atoms with Gasteiger partial charge in [-0.1, -0.05) is 0 Å². The summed E-state index contributed by atoms with van der Waals surface area (Å²) in [5, 5.41) is 15.9. The minimum Gasteiger partial charge on any atom is -0.341 e. The summed E-state index contributed by atoms with van der Waals surface area (Å²) in [5.74, 6) is 0.401. The zero-order valence-corrected chi connectivity index (χ0v) is 12.2. The van der Waals surface area contributed by atoms with Gasteiger partial charge in [0.15, 0.2) is 0 Å². The maximum Gasteiger partial charge on any atom is 0.271 e. The number of aromatic amines is 1. The number of nitrogens with one attached hydrogen (secondary N) is 2. The van der Waals surface area contributed by atoms with Crippen molar-refractivity contribution < 1.29 is 4.79 Å². The Labute approximate surface area is 122 Å². The molecule has 0 aromatic carbocycles. The van der Waals surface area contributed by atoms with Crippen LogP contribution in [0.2, 0.25) is 0 Å². The molecule has 0 aliphatic rings. The summed E-state index contributed by atoms with van der Waals surface area (Å²) in [4.78, 5) is 20.5. The Morgan fingerprint density at radius 2 is 2.35 bits per heavy atom. The van der Waals surface area contributed by atoms with Gasteiger partial charge in [0.2, 0.25) is 0 Å². The highest BCUT2D eigenvalue weighted by Crippen LogP contribution is 2.25. The van der Waals surface area contributed by atoms with Crippen LogP contribution in [-0.2, 0) is 0 Å². The molecule has 0 radical (unpaired) electrons. The van der Waals surface area contributed by atoms with E-state index in [4.69, 9.17) is 0 Å². The van der Waals surface area contributed by atoms with Gasteiger partial charge in [0, 0.05) is 16.3 Å². The lowest BCUT2D eigenvalue weighted by Gasteiger charge is -2.09. The van der Waals surface area contributed by atoms with Gasteiger partial charge in [-0.25, -0.2) is 9.97 Å². The number of thiophene rings is 1. The Morgan fingerprint density at radius 3 is 3.05 bits per heavy atom. The molecule has 1 atom stereocenters. The maximum absolute atomic E-state index is 12.1. The Hall–Kier alpha value is -2.06. The predicted molar refractivity (Wildman–Crippen MR) is 77.7 cm³/mol. The third kappa shape index (κ3) is 2.61. The molecule has 0 saturated heterocycles. The fraction of sp³-hybridized carbons (Fsp3) is 0.167. The lowest BCUT2D eigenvalue weighted by Crippen LogP contribution is -2.27. The van der Waals surface area contributed by atoms with Crippen LogP contribution in [0.3, 0.4) is 0 Å². The molecular weight excluding hydrogens is 294 g/mol. The summed E-state index contributed by atoms with van der Waals surface area (Å²) < 4.78 is 0. The Balaban J connectivity index is 1.72. The van der Waals surface area contributed by atoms with E-state index < -0.39 is 0 Å². The van der Waals surface area contributed by atoms with Crippen LogP contribution < -0.4 is 5.32 Å². The molecule has 3 heterocycles. The highest BCUT2D eigenvalue weighted by Gasteiger charge is 2.16. The third-order valence-electron chi connectivity index (χ3n) is 2.70. The van der Waals surface area contributed by atoms with E-state index in [1.807, 2.05) is 23.8 Å². The average molecular weight is 305 g/mol. The summed E-state index contributed by atoms with van der Waals surface area (Å²) >= 11 is 3.07. The first-order valence-corrected chi connectivity index (χ1v) is 7.70. The topological polar surface area (TPSA) is 83.6 Å². The summed E-state index contributed by atoms with van der Waals surface area (Å²) in [6.07, 6.45) is 1.41. The van der Waals surface area contributed by atoms with Gasteiger partial charge in [-0.15, -0.1) is 11.3 Å². The average Bonchev–Trinajstić information content (AvgIpc) is 3.19. The molecule has 8 heteroatoms. The van der Waals surface area contributed by atoms with E-state index in [9.17, 15) is 4.79 Å². The first-order chi connectivity index (χ1) is 9.74. The number of carbonyl (C=O) groups excluding carboxylic acids is 1. The molecule has 3 aromatic rings. The van der Waals surface area contributed by atoms with Gasteiger partial charge in [0.1, 0.15) is 22.9 Å². The van der Waals surface area contributed by atoms with Crippen molar-refractivity contribution in [3.8, 4) is 10.6 Å². The zero-order valence-electron chi connectivity index (χ0n) is 10.5. The maximum atomic E-state index is 12.1. The molecule has 3 aromatic heterocycles. The number of carbonyl (C=O) groups is 1. The predicted octanol–water partition coefficient (Wildman–Crippen LogP) is 2.48. The van der Waals surface area contributed by atoms with Crippen molar-refractivity contribution in [2.75, 3.05) is 0 Å². The number of nitrogens with zero attached hydrogens (tertiary/aromatic N) is 3. The van der Waals surface area contributed by atoms with Crippen molar-refractivity contribution in [3.63, 3.8) is 0 Å². The molecule has 3 rings (SSSR count). The lowest BCUT2D eigenvalue weighted by molar-refractivity contribution is 0.0934. The molecule has 0 aliphatic carbocycles. The van der Waals surface area contributed by atoms with Crippen LogP contribution in [0, 0.1) is 0 Å². The number of thiazole rings is 1. The standard InChI is InChI=1S/C12H11N5OS2/c1-7(10-13-6-14-17-10)15-11(18)9-5-20-12(16-9)8-2-3-19-4-8/h2-7H,1H3,(H,15,18)(H,13,14,17). The molecule has 2 N–H and O–H groups in total. The van der Waals surface area contributed by atoms with Gasteiger partial charge in [-0.05, 0) is 18.4 Å². The number of aromatic nitrogens is 4. The molecule has 0 fully saturated rings. The van der Waals surface area contributed by atoms with Crippen molar-refractivity contribution in [3.05, 3.63) is 40.1 Å². The molecule has 6 nitrogen and oxygen atoms in total. The largest absolute Gasteiger partial charge is 0.341 e. The molecular formula is C12H11N5OS2. The molecule has 20 heavy (non-hydrogen) atoms. The fourth-order valence-corrected chi connectivity index (χ4v) is 3.17. The van der Waals surface area contributed by atoms with E-state index in [-0.39, 0.29) is 11.9 Å².